The van der Waals surface area contributed by atoms with Crippen LogP contribution in [0.15, 0.2) is 53.9 Å². The van der Waals surface area contributed by atoms with E-state index in [1.165, 1.54) is 21.2 Å². The highest BCUT2D eigenvalue weighted by molar-refractivity contribution is 7.17. The van der Waals surface area contributed by atoms with Crippen molar-refractivity contribution in [3.63, 3.8) is 0 Å². The van der Waals surface area contributed by atoms with E-state index in [1.807, 2.05) is 19.2 Å². The van der Waals surface area contributed by atoms with Gasteiger partial charge in [-0.1, -0.05) is 41.9 Å². The molecule has 0 radical (unpaired) electrons. The van der Waals surface area contributed by atoms with Gasteiger partial charge in [0.2, 0.25) is 0 Å². The van der Waals surface area contributed by atoms with Crippen molar-refractivity contribution in [3.8, 4) is 0 Å². The Kier molecular flexibility index (Phi) is 3.56. The average Bonchev–Trinajstić information content (AvgIpc) is 2.86. The summed E-state index contributed by atoms with van der Waals surface area (Å²) < 4.78 is 1.33. The van der Waals surface area contributed by atoms with Crippen LogP contribution in [-0.4, -0.2) is 7.05 Å². The molecule has 0 amide bonds. The summed E-state index contributed by atoms with van der Waals surface area (Å²) in [4.78, 5) is 0. The lowest BCUT2D eigenvalue weighted by Gasteiger charge is -2.16. The Morgan fingerprint density at radius 2 is 1.79 bits per heavy atom. The zero-order chi connectivity index (χ0) is 13.2. The van der Waals surface area contributed by atoms with Gasteiger partial charge in [-0.3, -0.25) is 0 Å². The van der Waals surface area contributed by atoms with E-state index in [0.717, 1.165) is 5.02 Å². The fourth-order valence-corrected chi connectivity index (χ4v) is 3.49. The monoisotopic (exact) mass is 287 g/mol. The molecule has 0 saturated heterocycles. The van der Waals surface area contributed by atoms with Crippen molar-refractivity contribution in [1.29, 1.82) is 0 Å². The van der Waals surface area contributed by atoms with Gasteiger partial charge >= 0.3 is 0 Å². The maximum Gasteiger partial charge on any atom is 0.0588 e. The molecule has 3 heteroatoms. The van der Waals surface area contributed by atoms with Gasteiger partial charge in [-0.2, -0.15) is 0 Å². The van der Waals surface area contributed by atoms with Crippen LogP contribution in [0.3, 0.4) is 0 Å². The predicted molar refractivity (Wildman–Crippen MR) is 84.2 cm³/mol. The van der Waals surface area contributed by atoms with Crippen molar-refractivity contribution in [2.75, 3.05) is 7.05 Å². The molecule has 96 valence electrons. The first-order valence-electron chi connectivity index (χ1n) is 6.18. The molecule has 1 nitrogen and oxygen atoms in total. The minimum absolute atomic E-state index is 0.202. The molecule has 0 fully saturated rings. The fraction of sp³-hybridized carbons (Fsp3) is 0.125. The summed E-state index contributed by atoms with van der Waals surface area (Å²) in [7, 11) is 1.99. The van der Waals surface area contributed by atoms with Crippen LogP contribution in [0.4, 0.5) is 0 Å². The van der Waals surface area contributed by atoms with Crippen LogP contribution < -0.4 is 5.32 Å². The van der Waals surface area contributed by atoms with E-state index in [-0.39, 0.29) is 6.04 Å². The Morgan fingerprint density at radius 1 is 1.05 bits per heavy atom. The highest BCUT2D eigenvalue weighted by Gasteiger charge is 2.15. The highest BCUT2D eigenvalue weighted by Crippen LogP contribution is 2.33. The third-order valence-corrected chi connectivity index (χ3v) is 4.55. The van der Waals surface area contributed by atoms with Crippen LogP contribution in [-0.2, 0) is 0 Å². The molecule has 2 aromatic carbocycles. The van der Waals surface area contributed by atoms with Crippen LogP contribution >= 0.6 is 22.9 Å². The van der Waals surface area contributed by atoms with Crippen molar-refractivity contribution in [3.05, 3.63) is 70.1 Å². The van der Waals surface area contributed by atoms with Gasteiger partial charge in [0.1, 0.15) is 0 Å². The Bertz CT molecular complexity index is 687. The SMILES string of the molecule is CNC(c1ccc(Cl)cc1)c1csc2ccccc12. The standard InChI is InChI=1S/C16H14ClNS/c1-18-16(11-6-8-12(17)9-7-11)14-10-19-15-5-3-2-4-13(14)15/h2-10,16,18H,1H3. The minimum Gasteiger partial charge on any atom is -0.309 e. The Morgan fingerprint density at radius 3 is 2.53 bits per heavy atom. The summed E-state index contributed by atoms with van der Waals surface area (Å²) in [5.41, 5.74) is 2.56. The molecular weight excluding hydrogens is 274 g/mol. The molecule has 1 aromatic heterocycles. The van der Waals surface area contributed by atoms with Crippen LogP contribution in [0.2, 0.25) is 5.02 Å². The third kappa shape index (κ3) is 2.39. The second-order valence-corrected chi connectivity index (χ2v) is 5.81. The maximum atomic E-state index is 5.96. The number of thiophene rings is 1. The quantitative estimate of drug-likeness (QED) is 0.725. The van der Waals surface area contributed by atoms with Crippen LogP contribution in [0.25, 0.3) is 10.1 Å². The Labute approximate surface area is 121 Å². The summed E-state index contributed by atoms with van der Waals surface area (Å²) in [6.45, 7) is 0. The minimum atomic E-state index is 0.202. The molecular formula is C16H14ClNS. The molecule has 0 spiro atoms. The zero-order valence-corrected chi connectivity index (χ0v) is 12.1. The van der Waals surface area contributed by atoms with Crippen LogP contribution in [0.5, 0.6) is 0 Å². The number of benzene rings is 2. The van der Waals surface area contributed by atoms with Gasteiger partial charge in [0.25, 0.3) is 0 Å². The maximum absolute atomic E-state index is 5.96. The molecule has 0 aliphatic rings. The topological polar surface area (TPSA) is 12.0 Å². The van der Waals surface area contributed by atoms with E-state index in [1.54, 1.807) is 11.3 Å². The molecule has 3 rings (SSSR count). The summed E-state index contributed by atoms with van der Waals surface area (Å²) in [6.07, 6.45) is 0. The highest BCUT2D eigenvalue weighted by atomic mass is 35.5. The van der Waals surface area contributed by atoms with E-state index in [9.17, 15) is 0 Å². The number of halogens is 1. The predicted octanol–water partition coefficient (Wildman–Crippen LogP) is 4.86. The summed E-state index contributed by atoms with van der Waals surface area (Å²) in [6, 6.07) is 16.8. The van der Waals surface area contributed by atoms with Gasteiger partial charge in [-0.15, -0.1) is 11.3 Å². The van der Waals surface area contributed by atoms with E-state index >= 15 is 0 Å². The number of hydrogen-bond acceptors (Lipinski definition) is 2. The lowest BCUT2D eigenvalue weighted by molar-refractivity contribution is 0.699. The summed E-state index contributed by atoms with van der Waals surface area (Å²) in [5.74, 6) is 0. The largest absolute Gasteiger partial charge is 0.309 e. The Hall–Kier alpha value is -1.35. The number of fused-ring (bicyclic) bond motifs is 1. The smallest absolute Gasteiger partial charge is 0.0588 e. The van der Waals surface area contributed by atoms with Crippen molar-refractivity contribution < 1.29 is 0 Å². The first kappa shape index (κ1) is 12.7. The molecule has 1 atom stereocenters. The van der Waals surface area contributed by atoms with Crippen LogP contribution in [0.1, 0.15) is 17.2 Å². The van der Waals surface area contributed by atoms with E-state index < -0.39 is 0 Å². The van der Waals surface area contributed by atoms with Gasteiger partial charge in [0.15, 0.2) is 0 Å². The molecule has 3 aromatic rings. The van der Waals surface area contributed by atoms with E-state index in [2.05, 4.69) is 47.1 Å². The summed E-state index contributed by atoms with van der Waals surface area (Å²) >= 11 is 7.75. The van der Waals surface area contributed by atoms with Crippen molar-refractivity contribution in [1.82, 2.24) is 5.32 Å². The Balaban J connectivity index is 2.09. The number of hydrogen-bond donors (Lipinski definition) is 1. The molecule has 19 heavy (non-hydrogen) atoms. The normalized spacial score (nSPS) is 12.7. The molecule has 1 unspecified atom stereocenters. The third-order valence-electron chi connectivity index (χ3n) is 3.31. The zero-order valence-electron chi connectivity index (χ0n) is 10.6. The molecule has 0 saturated carbocycles. The number of nitrogens with one attached hydrogen (secondary N) is 1. The first-order valence-corrected chi connectivity index (χ1v) is 7.44. The van der Waals surface area contributed by atoms with Gasteiger partial charge in [-0.25, -0.2) is 0 Å². The van der Waals surface area contributed by atoms with Crippen LogP contribution in [0, 0.1) is 0 Å². The van der Waals surface area contributed by atoms with Crippen molar-refractivity contribution in [2.45, 2.75) is 6.04 Å². The van der Waals surface area contributed by atoms with E-state index in [4.69, 9.17) is 11.6 Å². The van der Waals surface area contributed by atoms with Crippen molar-refractivity contribution in [2.24, 2.45) is 0 Å². The summed E-state index contributed by atoms with van der Waals surface area (Å²) in [5, 5.41) is 7.73. The van der Waals surface area contributed by atoms with Gasteiger partial charge in [-0.05, 0) is 47.1 Å². The first-order chi connectivity index (χ1) is 9.29. The second kappa shape index (κ2) is 5.33. The molecule has 0 aliphatic carbocycles. The lowest BCUT2D eigenvalue weighted by Crippen LogP contribution is -2.17. The average molecular weight is 288 g/mol. The fourth-order valence-electron chi connectivity index (χ4n) is 2.38. The number of rotatable bonds is 3. The van der Waals surface area contributed by atoms with Gasteiger partial charge in [0, 0.05) is 9.72 Å². The van der Waals surface area contributed by atoms with Crippen molar-refractivity contribution >= 4 is 33.0 Å². The molecule has 0 aliphatic heterocycles. The molecule has 1 heterocycles. The van der Waals surface area contributed by atoms with E-state index in [0.29, 0.717) is 0 Å². The molecule has 0 bridgehead atoms. The molecule has 1 N–H and O–H groups in total. The lowest BCUT2D eigenvalue weighted by atomic mass is 9.98. The van der Waals surface area contributed by atoms with Gasteiger partial charge < -0.3 is 5.32 Å². The second-order valence-electron chi connectivity index (χ2n) is 4.46. The van der Waals surface area contributed by atoms with Gasteiger partial charge in [0.05, 0.1) is 6.04 Å².